The second-order valence-corrected chi connectivity index (χ2v) is 14.5. The van der Waals surface area contributed by atoms with Crippen LogP contribution in [0.25, 0.3) is 0 Å². The van der Waals surface area contributed by atoms with Crippen LogP contribution in [-0.4, -0.2) is 70.0 Å². The Labute approximate surface area is 260 Å². The summed E-state index contributed by atoms with van der Waals surface area (Å²) in [5.41, 5.74) is 4.36. The molecule has 3 fully saturated rings. The van der Waals surface area contributed by atoms with Gasteiger partial charge in [0.2, 0.25) is 5.95 Å². The van der Waals surface area contributed by atoms with E-state index in [1.807, 2.05) is 39.0 Å². The van der Waals surface area contributed by atoms with Gasteiger partial charge in [-0.25, -0.2) is 14.8 Å². The Bertz CT molecular complexity index is 1450. The highest BCUT2D eigenvalue weighted by molar-refractivity contribution is 5.68. The number of nitrogens with zero attached hydrogens (tertiary/aromatic N) is 4. The van der Waals surface area contributed by atoms with Gasteiger partial charge in [0.1, 0.15) is 18.5 Å². The van der Waals surface area contributed by atoms with Gasteiger partial charge in [-0.1, -0.05) is 50.2 Å². The molecule has 3 aromatic rings. The lowest BCUT2D eigenvalue weighted by Crippen LogP contribution is -2.64. The summed E-state index contributed by atoms with van der Waals surface area (Å²) in [4.78, 5) is 25.6. The van der Waals surface area contributed by atoms with Gasteiger partial charge < -0.3 is 24.8 Å². The number of likely N-dealkylation sites (tertiary alicyclic amines) is 1. The summed E-state index contributed by atoms with van der Waals surface area (Å²) >= 11 is 0. The molecule has 1 aromatic heterocycles. The molecule has 3 heterocycles. The number of carbonyl (C=O) groups excluding carboxylic acids is 1. The first-order valence-electron chi connectivity index (χ1n) is 15.6. The Kier molecular flexibility index (Phi) is 8.05. The van der Waals surface area contributed by atoms with Crippen LogP contribution in [0, 0.1) is 5.41 Å². The maximum atomic E-state index is 12.0. The van der Waals surface area contributed by atoms with Crippen molar-refractivity contribution in [3.8, 4) is 5.75 Å². The van der Waals surface area contributed by atoms with E-state index < -0.39 is 0 Å². The lowest BCUT2D eigenvalue weighted by Gasteiger charge is -2.57. The number of alkyl carbamates (subject to hydrolysis) is 1. The molecule has 1 aliphatic carbocycles. The molecule has 0 bridgehead atoms. The molecule has 2 saturated heterocycles. The van der Waals surface area contributed by atoms with Gasteiger partial charge >= 0.3 is 6.09 Å². The summed E-state index contributed by atoms with van der Waals surface area (Å²) in [7, 11) is 0. The smallest absolute Gasteiger partial charge is 0.407 e. The molecule has 9 nitrogen and oxygen atoms in total. The van der Waals surface area contributed by atoms with E-state index in [4.69, 9.17) is 14.5 Å². The molecule has 0 unspecified atom stereocenters. The number of rotatable bonds is 9. The number of ether oxygens (including phenoxy) is 2. The van der Waals surface area contributed by atoms with Crippen molar-refractivity contribution in [3.05, 3.63) is 83.2 Å². The third-order valence-corrected chi connectivity index (χ3v) is 9.09. The monoisotopic (exact) mass is 599 g/mol. The molecule has 44 heavy (non-hydrogen) atoms. The second-order valence-electron chi connectivity index (χ2n) is 14.5. The second kappa shape index (κ2) is 11.7. The van der Waals surface area contributed by atoms with E-state index in [1.165, 1.54) is 16.7 Å². The number of aromatic nitrogens is 2. The minimum atomic E-state index is -0.347. The van der Waals surface area contributed by atoms with Gasteiger partial charge in [0, 0.05) is 55.3 Å². The molecule has 0 atom stereocenters. The molecule has 2 aliphatic heterocycles. The van der Waals surface area contributed by atoms with Crippen molar-refractivity contribution in [1.29, 1.82) is 0 Å². The molecular weight excluding hydrogens is 554 g/mol. The fraction of sp³-hybridized carbons (Fsp3) is 0.514. The van der Waals surface area contributed by atoms with Gasteiger partial charge in [0.05, 0.1) is 11.8 Å². The van der Waals surface area contributed by atoms with E-state index >= 15 is 0 Å². The molecule has 2 aromatic carbocycles. The topological polar surface area (TPSA) is 100 Å². The van der Waals surface area contributed by atoms with Crippen LogP contribution in [0.2, 0.25) is 0 Å². The zero-order chi connectivity index (χ0) is 31.1. The normalized spacial score (nSPS) is 18.7. The van der Waals surface area contributed by atoms with E-state index in [0.717, 1.165) is 63.0 Å². The summed E-state index contributed by atoms with van der Waals surface area (Å²) in [6.45, 7) is 14.9. The molecular formula is C35H45N5O4. The number of aliphatic hydroxyl groups excluding tert-OH is 1. The highest BCUT2D eigenvalue weighted by Gasteiger charge is 2.52. The number of amides is 1. The molecule has 1 spiro atoms. The van der Waals surface area contributed by atoms with Crippen LogP contribution in [0.3, 0.4) is 0 Å². The number of hydrogen-bond acceptors (Lipinski definition) is 8. The lowest BCUT2D eigenvalue weighted by molar-refractivity contribution is -0.0497. The largest absolute Gasteiger partial charge is 0.487 e. The molecule has 9 heteroatoms. The van der Waals surface area contributed by atoms with Crippen LogP contribution >= 0.6 is 0 Å². The molecule has 3 aliphatic rings. The first-order valence-corrected chi connectivity index (χ1v) is 15.6. The van der Waals surface area contributed by atoms with Crippen molar-refractivity contribution < 1.29 is 19.4 Å². The number of benzene rings is 2. The fourth-order valence-corrected chi connectivity index (χ4v) is 6.51. The van der Waals surface area contributed by atoms with Gasteiger partial charge in [0.15, 0.2) is 0 Å². The van der Waals surface area contributed by atoms with Crippen molar-refractivity contribution in [3.63, 3.8) is 0 Å². The van der Waals surface area contributed by atoms with Crippen molar-refractivity contribution >= 4 is 12.0 Å². The summed E-state index contributed by atoms with van der Waals surface area (Å²) in [6.07, 6.45) is 3.04. The average Bonchev–Trinajstić information content (AvgIpc) is 2.91. The van der Waals surface area contributed by atoms with Gasteiger partial charge in [-0.2, -0.15) is 0 Å². The Morgan fingerprint density at radius 2 is 1.61 bits per heavy atom. The molecule has 6 rings (SSSR count). The highest BCUT2D eigenvalue weighted by atomic mass is 16.6. The molecule has 234 valence electrons. The molecule has 1 saturated carbocycles. The molecule has 1 amide bonds. The van der Waals surface area contributed by atoms with Crippen molar-refractivity contribution in [2.24, 2.45) is 5.41 Å². The van der Waals surface area contributed by atoms with Crippen LogP contribution in [0.5, 0.6) is 5.75 Å². The number of nitrogens with one attached hydrogen (secondary N) is 1. The van der Waals surface area contributed by atoms with Gasteiger partial charge in [-0.3, -0.25) is 4.90 Å². The maximum Gasteiger partial charge on any atom is 0.407 e. The number of aliphatic hydroxyl groups is 1. The zero-order valence-electron chi connectivity index (χ0n) is 26.5. The predicted molar refractivity (Wildman–Crippen MR) is 170 cm³/mol. The Morgan fingerprint density at radius 1 is 0.977 bits per heavy atom. The zero-order valence-corrected chi connectivity index (χ0v) is 26.5. The fourth-order valence-electron chi connectivity index (χ4n) is 6.51. The lowest BCUT2D eigenvalue weighted by atomic mass is 9.62. The van der Waals surface area contributed by atoms with Crippen LogP contribution in [0.15, 0.2) is 60.8 Å². The number of carbonyl (C=O) groups is 1. The first kappa shape index (κ1) is 30.3. The van der Waals surface area contributed by atoms with Gasteiger partial charge in [-0.15, -0.1) is 0 Å². The first-order chi connectivity index (χ1) is 20.9. The van der Waals surface area contributed by atoms with E-state index in [1.54, 1.807) is 6.20 Å². The van der Waals surface area contributed by atoms with Crippen LogP contribution < -0.4 is 15.0 Å². The van der Waals surface area contributed by atoms with Gasteiger partial charge in [0.25, 0.3) is 0 Å². The Morgan fingerprint density at radius 3 is 2.23 bits per heavy atom. The summed E-state index contributed by atoms with van der Waals surface area (Å²) < 4.78 is 11.6. The number of hydrogen-bond donors (Lipinski definition) is 2. The van der Waals surface area contributed by atoms with Crippen LogP contribution in [-0.2, 0) is 23.3 Å². The number of anilines is 1. The minimum Gasteiger partial charge on any atom is -0.487 e. The summed E-state index contributed by atoms with van der Waals surface area (Å²) in [6, 6.07) is 19.0. The Balaban J connectivity index is 0.973. The molecule has 0 radical (unpaired) electrons. The van der Waals surface area contributed by atoms with E-state index in [0.29, 0.717) is 6.61 Å². The quantitative estimate of drug-likeness (QED) is 0.353. The standard InChI is InChI=1S/C35H45N5O4/c1-33(2,3)38-32(42)44-30-19-39(20-30)18-24-6-8-25(9-7-24)34(4,5)26-10-12-29(13-11-26)43-21-27-14-15-36-31(37-27)40-22-35(23-40)16-28(41)17-35/h6-15,28,30,41H,16-23H2,1-5H3,(H,38,42). The summed E-state index contributed by atoms with van der Waals surface area (Å²) in [5, 5.41) is 12.5. The van der Waals surface area contributed by atoms with E-state index in [9.17, 15) is 9.90 Å². The van der Waals surface area contributed by atoms with Crippen molar-refractivity contribution in [1.82, 2.24) is 20.2 Å². The maximum absolute atomic E-state index is 12.0. The van der Waals surface area contributed by atoms with Crippen molar-refractivity contribution in [2.75, 3.05) is 31.1 Å². The van der Waals surface area contributed by atoms with Gasteiger partial charge in [-0.05, 0) is 68.5 Å². The third kappa shape index (κ3) is 6.84. The Hall–Kier alpha value is -3.69. The highest BCUT2D eigenvalue weighted by Crippen LogP contribution is 2.49. The van der Waals surface area contributed by atoms with Crippen LogP contribution in [0.1, 0.15) is 69.8 Å². The van der Waals surface area contributed by atoms with Crippen LogP contribution in [0.4, 0.5) is 10.7 Å². The van der Waals surface area contributed by atoms with E-state index in [-0.39, 0.29) is 34.7 Å². The van der Waals surface area contributed by atoms with E-state index in [2.05, 4.69) is 70.3 Å². The average molecular weight is 600 g/mol. The molecule has 2 N–H and O–H groups in total. The summed E-state index contributed by atoms with van der Waals surface area (Å²) in [5.74, 6) is 1.55. The van der Waals surface area contributed by atoms with Crippen molar-refractivity contribution in [2.45, 2.75) is 83.8 Å². The third-order valence-electron chi connectivity index (χ3n) is 9.09. The minimum absolute atomic E-state index is 0.0533. The SMILES string of the molecule is CC(C)(C)NC(=O)OC1CN(Cc2ccc(C(C)(C)c3ccc(OCc4ccnc(N5CC6(CC(O)C6)C5)n4)cc3)cc2)C1. The predicted octanol–water partition coefficient (Wildman–Crippen LogP) is 5.05.